The Morgan fingerprint density at radius 3 is 2.40 bits per heavy atom. The van der Waals surface area contributed by atoms with Crippen LogP contribution in [0.15, 0.2) is 78.9 Å². The molecule has 1 aliphatic rings. The Morgan fingerprint density at radius 2 is 1.63 bits per heavy atom. The third-order valence-corrected chi connectivity index (χ3v) is 5.81. The molecule has 0 spiro atoms. The summed E-state index contributed by atoms with van der Waals surface area (Å²) in [5.41, 5.74) is 4.78. The highest BCUT2D eigenvalue weighted by atomic mass is 35.5. The largest absolute Gasteiger partial charge is 0.302 e. The highest BCUT2D eigenvalue weighted by molar-refractivity contribution is 5.95. The van der Waals surface area contributed by atoms with Gasteiger partial charge in [0.2, 0.25) is 0 Å². The number of halogens is 2. The average Bonchev–Trinajstić information content (AvgIpc) is 2.95. The van der Waals surface area contributed by atoms with Gasteiger partial charge in [0.05, 0.1) is 0 Å². The highest BCUT2D eigenvalue weighted by Gasteiger charge is 2.24. The van der Waals surface area contributed by atoms with Crippen LogP contribution in [0.1, 0.15) is 45.8 Å². The van der Waals surface area contributed by atoms with Crippen molar-refractivity contribution in [3.05, 3.63) is 107 Å². The van der Waals surface area contributed by atoms with Crippen molar-refractivity contribution in [2.45, 2.75) is 25.2 Å². The summed E-state index contributed by atoms with van der Waals surface area (Å²) in [6.07, 6.45) is 2.34. The van der Waals surface area contributed by atoms with Gasteiger partial charge in [0, 0.05) is 31.0 Å². The molecule has 0 saturated heterocycles. The number of hydrogen-bond acceptors (Lipinski definition) is 2. The Bertz CT molecular complexity index is 958. The summed E-state index contributed by atoms with van der Waals surface area (Å²) in [6, 6.07) is 25.3. The molecule has 156 valence electrons. The van der Waals surface area contributed by atoms with Crippen molar-refractivity contribution in [2.24, 2.45) is 0 Å². The van der Waals surface area contributed by atoms with Crippen LogP contribution in [0, 0.1) is 5.82 Å². The normalized spacial score (nSPS) is 16.2. The fourth-order valence-corrected chi connectivity index (χ4v) is 4.24. The Balaban J connectivity index is 0.00000256. The summed E-state index contributed by atoms with van der Waals surface area (Å²) in [6.45, 7) is 2.86. The SMILES string of the molecule is Cl.O=C(CCCN1CCc2ccccc2C(c2ccccc2)C1)c1ccc(F)cc1. The first-order valence-corrected chi connectivity index (χ1v) is 10.3. The van der Waals surface area contributed by atoms with Crippen LogP contribution < -0.4 is 0 Å². The molecule has 0 saturated carbocycles. The second-order valence-corrected chi connectivity index (χ2v) is 7.75. The minimum Gasteiger partial charge on any atom is -0.302 e. The third kappa shape index (κ3) is 5.35. The summed E-state index contributed by atoms with van der Waals surface area (Å²) >= 11 is 0. The lowest BCUT2D eigenvalue weighted by atomic mass is 9.88. The van der Waals surface area contributed by atoms with Crippen LogP contribution in [0.3, 0.4) is 0 Å². The number of benzene rings is 3. The lowest BCUT2D eigenvalue weighted by molar-refractivity contribution is 0.0974. The van der Waals surface area contributed by atoms with Crippen LogP contribution in [-0.2, 0) is 6.42 Å². The molecule has 2 nitrogen and oxygen atoms in total. The molecule has 0 bridgehead atoms. The molecular weight excluding hydrogens is 397 g/mol. The first-order chi connectivity index (χ1) is 14.2. The highest BCUT2D eigenvalue weighted by Crippen LogP contribution is 2.31. The first kappa shape index (κ1) is 22.2. The molecule has 0 amide bonds. The first-order valence-electron chi connectivity index (χ1n) is 10.3. The maximum absolute atomic E-state index is 13.1. The van der Waals surface area contributed by atoms with Gasteiger partial charge < -0.3 is 4.90 Å². The molecule has 3 aromatic carbocycles. The van der Waals surface area contributed by atoms with Gasteiger partial charge >= 0.3 is 0 Å². The Kier molecular flexibility index (Phi) is 7.78. The Hall–Kier alpha value is -2.49. The van der Waals surface area contributed by atoms with Crippen molar-refractivity contribution in [1.82, 2.24) is 4.90 Å². The van der Waals surface area contributed by atoms with E-state index < -0.39 is 0 Å². The Morgan fingerprint density at radius 1 is 0.933 bits per heavy atom. The number of hydrogen-bond donors (Lipinski definition) is 0. The van der Waals surface area contributed by atoms with Crippen LogP contribution in [0.4, 0.5) is 4.39 Å². The summed E-state index contributed by atoms with van der Waals surface area (Å²) in [5, 5.41) is 0. The van der Waals surface area contributed by atoms with Crippen LogP contribution >= 0.6 is 12.4 Å². The molecular formula is C26H27ClFNO. The van der Waals surface area contributed by atoms with Gasteiger partial charge in [-0.15, -0.1) is 12.4 Å². The van der Waals surface area contributed by atoms with Crippen LogP contribution in [0.5, 0.6) is 0 Å². The zero-order valence-corrected chi connectivity index (χ0v) is 17.8. The summed E-state index contributed by atoms with van der Waals surface area (Å²) < 4.78 is 13.1. The van der Waals surface area contributed by atoms with Crippen molar-refractivity contribution in [2.75, 3.05) is 19.6 Å². The molecule has 0 N–H and O–H groups in total. The lowest BCUT2D eigenvalue weighted by Gasteiger charge is -2.25. The van der Waals surface area contributed by atoms with E-state index in [2.05, 4.69) is 59.5 Å². The van der Waals surface area contributed by atoms with Crippen molar-refractivity contribution in [1.29, 1.82) is 0 Å². The monoisotopic (exact) mass is 423 g/mol. The van der Waals surface area contributed by atoms with Gasteiger partial charge in [0.25, 0.3) is 0 Å². The molecule has 0 aliphatic carbocycles. The maximum atomic E-state index is 13.1. The minimum atomic E-state index is -0.308. The summed E-state index contributed by atoms with van der Waals surface area (Å²) in [5.74, 6) is 0.128. The standard InChI is InChI=1S/C26H26FNO.ClH/c27-23-14-12-22(13-15-23)26(29)11-6-17-28-18-16-21-9-4-5-10-24(21)25(19-28)20-7-2-1-3-8-20;/h1-5,7-10,12-15,25H,6,11,16-19H2;1H. The molecule has 0 aromatic heterocycles. The fraction of sp³-hybridized carbons (Fsp3) is 0.269. The van der Waals surface area contributed by atoms with Gasteiger partial charge in [0.1, 0.15) is 5.82 Å². The molecule has 1 atom stereocenters. The molecule has 1 heterocycles. The molecule has 0 fully saturated rings. The number of carbonyl (C=O) groups is 1. The van der Waals surface area contributed by atoms with Gasteiger partial charge in [-0.1, -0.05) is 54.6 Å². The van der Waals surface area contributed by atoms with Crippen LogP contribution in [-0.4, -0.2) is 30.3 Å². The van der Waals surface area contributed by atoms with E-state index >= 15 is 0 Å². The Labute approximate surface area is 184 Å². The second kappa shape index (κ2) is 10.5. The number of fused-ring (bicyclic) bond motifs is 1. The second-order valence-electron chi connectivity index (χ2n) is 7.75. The smallest absolute Gasteiger partial charge is 0.162 e. The number of ketones is 1. The van der Waals surface area contributed by atoms with Crippen LogP contribution in [0.25, 0.3) is 0 Å². The predicted octanol–water partition coefficient (Wildman–Crippen LogP) is 5.90. The number of Topliss-reactive ketones (excluding diaryl/α,β-unsaturated/α-hetero) is 1. The van der Waals surface area contributed by atoms with E-state index in [9.17, 15) is 9.18 Å². The van der Waals surface area contributed by atoms with Crippen molar-refractivity contribution in [3.8, 4) is 0 Å². The molecule has 1 unspecified atom stereocenters. The topological polar surface area (TPSA) is 20.3 Å². The number of rotatable bonds is 6. The zero-order valence-electron chi connectivity index (χ0n) is 17.0. The zero-order chi connectivity index (χ0) is 20.1. The van der Waals surface area contributed by atoms with Gasteiger partial charge in [-0.2, -0.15) is 0 Å². The minimum absolute atomic E-state index is 0. The summed E-state index contributed by atoms with van der Waals surface area (Å²) in [7, 11) is 0. The molecule has 0 radical (unpaired) electrons. The van der Waals surface area contributed by atoms with E-state index in [1.165, 1.54) is 28.8 Å². The number of carbonyl (C=O) groups excluding carboxylic acids is 1. The number of nitrogens with zero attached hydrogens (tertiary/aromatic N) is 1. The average molecular weight is 424 g/mol. The third-order valence-electron chi connectivity index (χ3n) is 5.81. The van der Waals surface area contributed by atoms with E-state index in [1.807, 2.05) is 0 Å². The van der Waals surface area contributed by atoms with Crippen molar-refractivity contribution >= 4 is 18.2 Å². The van der Waals surface area contributed by atoms with Gasteiger partial charge in [0.15, 0.2) is 5.78 Å². The van der Waals surface area contributed by atoms with Crippen molar-refractivity contribution < 1.29 is 9.18 Å². The molecule has 1 aliphatic heterocycles. The molecule has 3 aromatic rings. The lowest BCUT2D eigenvalue weighted by Crippen LogP contribution is -2.30. The summed E-state index contributed by atoms with van der Waals surface area (Å²) in [4.78, 5) is 14.9. The molecule has 4 heteroatoms. The molecule has 30 heavy (non-hydrogen) atoms. The van der Waals surface area contributed by atoms with Gasteiger partial charge in [-0.3, -0.25) is 4.79 Å². The van der Waals surface area contributed by atoms with Crippen LogP contribution in [0.2, 0.25) is 0 Å². The van der Waals surface area contributed by atoms with E-state index in [0.717, 1.165) is 32.5 Å². The van der Waals surface area contributed by atoms with Gasteiger partial charge in [-0.05, 0) is 60.3 Å². The van der Waals surface area contributed by atoms with Gasteiger partial charge in [-0.25, -0.2) is 4.39 Å². The van der Waals surface area contributed by atoms with E-state index in [1.54, 1.807) is 12.1 Å². The van der Waals surface area contributed by atoms with Crippen molar-refractivity contribution in [3.63, 3.8) is 0 Å². The van der Waals surface area contributed by atoms with E-state index in [0.29, 0.717) is 17.9 Å². The molecule has 4 rings (SSSR count). The van der Waals surface area contributed by atoms with E-state index in [-0.39, 0.29) is 24.0 Å². The van der Waals surface area contributed by atoms with E-state index in [4.69, 9.17) is 0 Å². The maximum Gasteiger partial charge on any atom is 0.162 e. The predicted molar refractivity (Wildman–Crippen MR) is 122 cm³/mol. The fourth-order valence-electron chi connectivity index (χ4n) is 4.24. The quantitative estimate of drug-likeness (QED) is 0.460.